The minimum atomic E-state index is -0.327. The molecule has 8 heteroatoms. The van der Waals surface area contributed by atoms with Crippen LogP contribution in [-0.4, -0.2) is 59.3 Å². The first-order valence-electron chi connectivity index (χ1n) is 9.67. The van der Waals surface area contributed by atoms with E-state index in [2.05, 4.69) is 10.3 Å². The van der Waals surface area contributed by atoms with Crippen molar-refractivity contribution in [3.63, 3.8) is 0 Å². The number of pyridine rings is 1. The maximum atomic E-state index is 13.7. The van der Waals surface area contributed by atoms with Crippen molar-refractivity contribution in [1.29, 1.82) is 0 Å². The number of rotatable bonds is 3. The summed E-state index contributed by atoms with van der Waals surface area (Å²) in [6.45, 7) is 3.16. The van der Waals surface area contributed by atoms with Crippen molar-refractivity contribution < 1.29 is 14.0 Å². The monoisotopic (exact) mass is 418 g/mol. The first-order chi connectivity index (χ1) is 13.6. The maximum Gasteiger partial charge on any atom is 0.273 e. The third kappa shape index (κ3) is 4.57. The lowest BCUT2D eigenvalue weighted by Crippen LogP contribution is -2.49. The normalized spacial score (nSPS) is 19.0. The van der Waals surface area contributed by atoms with Gasteiger partial charge in [0.1, 0.15) is 17.2 Å². The van der Waals surface area contributed by atoms with E-state index in [-0.39, 0.29) is 41.8 Å². The summed E-state index contributed by atoms with van der Waals surface area (Å²) in [5.74, 6) is -0.701. The van der Waals surface area contributed by atoms with E-state index >= 15 is 0 Å². The lowest BCUT2D eigenvalue weighted by molar-refractivity contribution is 0.0627. The first kappa shape index (κ1) is 21.2. The van der Waals surface area contributed by atoms with E-state index in [0.29, 0.717) is 25.3 Å². The van der Waals surface area contributed by atoms with Gasteiger partial charge in [0.25, 0.3) is 11.8 Å². The van der Waals surface area contributed by atoms with Crippen molar-refractivity contribution in [1.82, 2.24) is 20.1 Å². The molecule has 2 aliphatic heterocycles. The number of hydrogen-bond acceptors (Lipinski definition) is 4. The molecule has 0 radical (unpaired) electrons. The number of amides is 2. The molecule has 29 heavy (non-hydrogen) atoms. The number of carbonyl (C=O) groups excluding carboxylic acids is 2. The fourth-order valence-electron chi connectivity index (χ4n) is 3.86. The van der Waals surface area contributed by atoms with E-state index in [1.165, 1.54) is 12.1 Å². The van der Waals surface area contributed by atoms with Gasteiger partial charge in [-0.1, -0.05) is 18.2 Å². The van der Waals surface area contributed by atoms with Crippen molar-refractivity contribution in [2.75, 3.05) is 32.7 Å². The van der Waals surface area contributed by atoms with Crippen LogP contribution in [0.25, 0.3) is 0 Å². The Balaban J connectivity index is 0.00000240. The lowest BCUT2D eigenvalue weighted by atomic mass is 10.0. The zero-order valence-electron chi connectivity index (χ0n) is 16.0. The quantitative estimate of drug-likeness (QED) is 0.832. The second kappa shape index (κ2) is 9.33. The molecule has 0 bridgehead atoms. The van der Waals surface area contributed by atoms with Crippen LogP contribution >= 0.6 is 12.4 Å². The lowest BCUT2D eigenvalue weighted by Gasteiger charge is -2.36. The summed E-state index contributed by atoms with van der Waals surface area (Å²) < 4.78 is 13.7. The van der Waals surface area contributed by atoms with Crippen LogP contribution in [0, 0.1) is 5.82 Å². The maximum absolute atomic E-state index is 13.7. The Morgan fingerprint density at radius 3 is 2.41 bits per heavy atom. The van der Waals surface area contributed by atoms with E-state index in [9.17, 15) is 14.0 Å². The number of aromatic nitrogens is 1. The number of carbonyl (C=O) groups is 2. The summed E-state index contributed by atoms with van der Waals surface area (Å²) >= 11 is 0. The molecule has 0 aliphatic carbocycles. The van der Waals surface area contributed by atoms with Crippen LogP contribution in [0.1, 0.15) is 45.4 Å². The van der Waals surface area contributed by atoms with Crippen LogP contribution < -0.4 is 5.32 Å². The molecular formula is C21H24ClFN4O2. The van der Waals surface area contributed by atoms with E-state index in [1.807, 2.05) is 6.07 Å². The molecule has 0 saturated carbocycles. The fourth-order valence-corrected chi connectivity index (χ4v) is 3.86. The van der Waals surface area contributed by atoms with Crippen LogP contribution in [0.2, 0.25) is 0 Å². The molecule has 4 rings (SSSR count). The average Bonchev–Trinajstić information content (AvgIpc) is 3.28. The van der Waals surface area contributed by atoms with Gasteiger partial charge in [-0.2, -0.15) is 0 Å². The fraction of sp³-hybridized carbons (Fsp3) is 0.381. The van der Waals surface area contributed by atoms with Gasteiger partial charge in [-0.05, 0) is 42.7 Å². The van der Waals surface area contributed by atoms with Crippen molar-refractivity contribution in [3.8, 4) is 0 Å². The molecule has 2 aliphatic rings. The van der Waals surface area contributed by atoms with Crippen molar-refractivity contribution >= 4 is 24.2 Å². The highest BCUT2D eigenvalue weighted by atomic mass is 35.5. The van der Waals surface area contributed by atoms with Gasteiger partial charge >= 0.3 is 0 Å². The predicted octanol–water partition coefficient (Wildman–Crippen LogP) is 2.67. The Kier molecular flexibility index (Phi) is 6.82. The molecular weight excluding hydrogens is 395 g/mol. The third-order valence-corrected chi connectivity index (χ3v) is 5.32. The average molecular weight is 419 g/mol. The predicted molar refractivity (Wildman–Crippen MR) is 110 cm³/mol. The molecule has 1 aromatic heterocycles. The highest BCUT2D eigenvalue weighted by Gasteiger charge is 2.30. The molecule has 1 unspecified atom stereocenters. The number of hydrogen-bond donors (Lipinski definition) is 1. The summed E-state index contributed by atoms with van der Waals surface area (Å²) in [6, 6.07) is 11.0. The number of benzene rings is 1. The molecule has 1 aromatic carbocycles. The number of halogens is 2. The number of piperazine rings is 1. The second-order valence-corrected chi connectivity index (χ2v) is 7.18. The van der Waals surface area contributed by atoms with E-state index in [0.717, 1.165) is 31.5 Å². The Hall–Kier alpha value is -2.51. The Labute approximate surface area is 175 Å². The molecule has 1 N–H and O–H groups in total. The molecule has 2 amide bonds. The van der Waals surface area contributed by atoms with Gasteiger partial charge in [0.2, 0.25) is 0 Å². The van der Waals surface area contributed by atoms with Crippen LogP contribution in [-0.2, 0) is 0 Å². The molecule has 2 saturated heterocycles. The van der Waals surface area contributed by atoms with Crippen LogP contribution in [0.5, 0.6) is 0 Å². The summed E-state index contributed by atoms with van der Waals surface area (Å²) in [4.78, 5) is 33.6. The molecule has 6 nitrogen and oxygen atoms in total. The van der Waals surface area contributed by atoms with Gasteiger partial charge in [0.05, 0.1) is 6.04 Å². The van der Waals surface area contributed by atoms with E-state index in [4.69, 9.17) is 0 Å². The van der Waals surface area contributed by atoms with Gasteiger partial charge in [-0.25, -0.2) is 9.37 Å². The van der Waals surface area contributed by atoms with Crippen molar-refractivity contribution in [2.45, 2.75) is 18.9 Å². The minimum Gasteiger partial charge on any atom is -0.337 e. The molecule has 2 aromatic rings. The molecule has 154 valence electrons. The molecule has 3 heterocycles. The molecule has 1 atom stereocenters. The summed E-state index contributed by atoms with van der Waals surface area (Å²) in [6.07, 6.45) is 2.00. The van der Waals surface area contributed by atoms with Crippen LogP contribution in [0.15, 0.2) is 42.5 Å². The van der Waals surface area contributed by atoms with Gasteiger partial charge < -0.3 is 15.1 Å². The molecule has 0 spiro atoms. The van der Waals surface area contributed by atoms with Gasteiger partial charge in [0, 0.05) is 32.7 Å². The first-order valence-corrected chi connectivity index (χ1v) is 9.67. The highest BCUT2D eigenvalue weighted by molar-refractivity contribution is 5.96. The largest absolute Gasteiger partial charge is 0.337 e. The zero-order valence-corrected chi connectivity index (χ0v) is 16.8. The summed E-state index contributed by atoms with van der Waals surface area (Å²) in [5, 5.41) is 3.26. The topological polar surface area (TPSA) is 65.5 Å². The van der Waals surface area contributed by atoms with Crippen molar-refractivity contribution in [3.05, 3.63) is 65.2 Å². The Morgan fingerprint density at radius 1 is 1.00 bits per heavy atom. The Morgan fingerprint density at radius 2 is 1.69 bits per heavy atom. The number of likely N-dealkylation sites (tertiary alicyclic amines) is 1. The van der Waals surface area contributed by atoms with Crippen LogP contribution in [0.4, 0.5) is 4.39 Å². The highest BCUT2D eigenvalue weighted by Crippen LogP contribution is 2.24. The van der Waals surface area contributed by atoms with E-state index in [1.54, 1.807) is 34.1 Å². The molecule has 2 fully saturated rings. The summed E-state index contributed by atoms with van der Waals surface area (Å²) in [5.41, 5.74) is 1.28. The van der Waals surface area contributed by atoms with Gasteiger partial charge in [0.15, 0.2) is 0 Å². The number of nitrogens with zero attached hydrogens (tertiary/aromatic N) is 3. The van der Waals surface area contributed by atoms with Crippen molar-refractivity contribution in [2.24, 2.45) is 0 Å². The third-order valence-electron chi connectivity index (χ3n) is 5.32. The smallest absolute Gasteiger partial charge is 0.273 e. The minimum absolute atomic E-state index is 0. The van der Waals surface area contributed by atoms with Gasteiger partial charge in [-0.15, -0.1) is 12.4 Å². The van der Waals surface area contributed by atoms with E-state index < -0.39 is 0 Å². The standard InChI is InChI=1S/C21H23FN4O2.ClH/c22-16-6-3-5-15(13-16)19-14-23-9-12-26(19)21(28)18-8-4-7-17(24-18)20(27)25-10-1-2-11-25;/h3-8,13,19,23H,1-2,9-12,14H2;1H. The second-order valence-electron chi connectivity index (χ2n) is 7.18. The van der Waals surface area contributed by atoms with Crippen LogP contribution in [0.3, 0.4) is 0 Å². The Bertz CT molecular complexity index is 888. The SMILES string of the molecule is Cl.O=C(c1cccc(C(=O)N2CCNCC2c2cccc(F)c2)n1)N1CCCC1. The number of nitrogens with one attached hydrogen (secondary N) is 1. The van der Waals surface area contributed by atoms with Gasteiger partial charge in [-0.3, -0.25) is 9.59 Å². The zero-order chi connectivity index (χ0) is 19.5. The summed E-state index contributed by atoms with van der Waals surface area (Å²) in [7, 11) is 0.